The molecule has 0 atom stereocenters. The van der Waals surface area contributed by atoms with Crippen LogP contribution in [0.4, 0.5) is 0 Å². The summed E-state index contributed by atoms with van der Waals surface area (Å²) in [5.74, 6) is 0. The number of nitrogens with one attached hydrogen (secondary N) is 1. The van der Waals surface area contributed by atoms with Crippen LogP contribution in [0.3, 0.4) is 0 Å². The van der Waals surface area contributed by atoms with Crippen LogP contribution in [-0.2, 0) is 4.74 Å². The van der Waals surface area contributed by atoms with Crippen molar-refractivity contribution < 1.29 is 4.74 Å². The van der Waals surface area contributed by atoms with Crippen molar-refractivity contribution in [2.24, 2.45) is 0 Å². The Hall–Kier alpha value is -0.760. The lowest BCUT2D eigenvalue weighted by Crippen LogP contribution is -2.07. The van der Waals surface area contributed by atoms with Gasteiger partial charge in [-0.1, -0.05) is 19.1 Å². The molecule has 2 heteroatoms. The number of allylic oxidation sites excluding steroid dienone is 2. The van der Waals surface area contributed by atoms with Gasteiger partial charge in [0, 0.05) is 19.2 Å². The molecule has 0 spiro atoms. The first-order chi connectivity index (χ1) is 5.85. The summed E-state index contributed by atoms with van der Waals surface area (Å²) in [6, 6.07) is 0. The highest BCUT2D eigenvalue weighted by molar-refractivity contribution is 5.02. The second-order valence-electron chi connectivity index (χ2n) is 2.52. The van der Waals surface area contributed by atoms with E-state index in [4.69, 9.17) is 4.74 Å². The minimum atomic E-state index is 0.774. The van der Waals surface area contributed by atoms with Crippen molar-refractivity contribution in [3.8, 4) is 0 Å². The number of hydrogen-bond donors (Lipinski definition) is 1. The van der Waals surface area contributed by atoms with E-state index < -0.39 is 0 Å². The molecule has 1 N–H and O–H groups in total. The van der Waals surface area contributed by atoms with Gasteiger partial charge >= 0.3 is 0 Å². The van der Waals surface area contributed by atoms with Crippen LogP contribution >= 0.6 is 0 Å². The summed E-state index contributed by atoms with van der Waals surface area (Å²) in [5.41, 5.74) is 1.23. The van der Waals surface area contributed by atoms with Crippen LogP contribution in [-0.4, -0.2) is 13.7 Å². The predicted molar refractivity (Wildman–Crippen MR) is 52.8 cm³/mol. The summed E-state index contributed by atoms with van der Waals surface area (Å²) in [6.07, 6.45) is 8.12. The van der Waals surface area contributed by atoms with E-state index in [1.165, 1.54) is 5.70 Å². The van der Waals surface area contributed by atoms with Gasteiger partial charge in [0.1, 0.15) is 0 Å². The lowest BCUT2D eigenvalue weighted by Gasteiger charge is -2.05. The van der Waals surface area contributed by atoms with E-state index in [9.17, 15) is 0 Å². The maximum absolute atomic E-state index is 4.99. The predicted octanol–water partition coefficient (Wildman–Crippen LogP) is 2.44. The number of ether oxygens (including phenoxy) is 1. The van der Waals surface area contributed by atoms with Gasteiger partial charge in [-0.15, -0.1) is 0 Å². The van der Waals surface area contributed by atoms with Crippen molar-refractivity contribution in [1.82, 2.24) is 5.32 Å². The van der Waals surface area contributed by atoms with Gasteiger partial charge in [0.05, 0.1) is 6.61 Å². The van der Waals surface area contributed by atoms with Gasteiger partial charge in [0.2, 0.25) is 0 Å². The fraction of sp³-hybridized carbons (Fsp3) is 0.600. The fourth-order valence-corrected chi connectivity index (χ4v) is 0.882. The summed E-state index contributed by atoms with van der Waals surface area (Å²) in [6.45, 7) is 4.90. The second-order valence-corrected chi connectivity index (χ2v) is 2.52. The van der Waals surface area contributed by atoms with Crippen LogP contribution in [0, 0.1) is 0 Å². The van der Waals surface area contributed by atoms with E-state index in [0.29, 0.717) is 0 Å². The molecule has 0 aromatic carbocycles. The summed E-state index contributed by atoms with van der Waals surface area (Å²) < 4.78 is 4.99. The maximum atomic E-state index is 4.99. The Morgan fingerprint density at radius 2 is 2.25 bits per heavy atom. The Morgan fingerprint density at radius 3 is 2.75 bits per heavy atom. The van der Waals surface area contributed by atoms with Gasteiger partial charge in [0.25, 0.3) is 0 Å². The molecule has 0 fully saturated rings. The quantitative estimate of drug-likeness (QED) is 0.659. The molecule has 0 heterocycles. The molecule has 70 valence electrons. The molecule has 0 aromatic rings. The minimum absolute atomic E-state index is 0.774. The average molecular weight is 169 g/mol. The Morgan fingerprint density at radius 1 is 1.50 bits per heavy atom. The van der Waals surface area contributed by atoms with Crippen molar-refractivity contribution in [2.45, 2.75) is 26.7 Å². The van der Waals surface area contributed by atoms with Crippen LogP contribution in [0.15, 0.2) is 24.0 Å². The zero-order valence-corrected chi connectivity index (χ0v) is 8.26. The first kappa shape index (κ1) is 11.2. The first-order valence-corrected chi connectivity index (χ1v) is 4.40. The van der Waals surface area contributed by atoms with Crippen molar-refractivity contribution >= 4 is 0 Å². The molecule has 2 nitrogen and oxygen atoms in total. The van der Waals surface area contributed by atoms with E-state index in [1.54, 1.807) is 7.11 Å². The van der Waals surface area contributed by atoms with Gasteiger partial charge in [0.15, 0.2) is 0 Å². The normalized spacial score (nSPS) is 12.4. The summed E-state index contributed by atoms with van der Waals surface area (Å²) in [4.78, 5) is 0. The highest BCUT2D eigenvalue weighted by atomic mass is 16.5. The fourth-order valence-electron chi connectivity index (χ4n) is 0.882. The Kier molecular flexibility index (Phi) is 7.81. The Balaban J connectivity index is 3.78. The number of hydrogen-bond acceptors (Lipinski definition) is 2. The lowest BCUT2D eigenvalue weighted by molar-refractivity contribution is 0.201. The third-order valence-corrected chi connectivity index (χ3v) is 1.46. The standard InChI is InChI=1S/C10H19NO/c1-4-6-10(7-9-12-3)11-8-5-2/h5-6,8,11H,4,7,9H2,1-3H3/b8-5-,10-6+. The third-order valence-electron chi connectivity index (χ3n) is 1.46. The zero-order chi connectivity index (χ0) is 9.23. The Labute approximate surface area is 75.3 Å². The monoisotopic (exact) mass is 169 g/mol. The molecule has 0 bridgehead atoms. The molecular weight excluding hydrogens is 150 g/mol. The van der Waals surface area contributed by atoms with Gasteiger partial charge in [-0.25, -0.2) is 0 Å². The SMILES string of the molecule is C/C=C\N/C(=C/CC)CCOC. The summed E-state index contributed by atoms with van der Waals surface area (Å²) in [7, 11) is 1.72. The number of methoxy groups -OCH3 is 1. The lowest BCUT2D eigenvalue weighted by atomic mass is 10.3. The molecule has 0 aliphatic carbocycles. The average Bonchev–Trinajstić information content (AvgIpc) is 2.10. The molecule has 0 radical (unpaired) electrons. The van der Waals surface area contributed by atoms with E-state index in [2.05, 4.69) is 18.3 Å². The minimum Gasteiger partial charge on any atom is -0.384 e. The molecule has 0 aliphatic rings. The van der Waals surface area contributed by atoms with Gasteiger partial charge in [-0.3, -0.25) is 0 Å². The smallest absolute Gasteiger partial charge is 0.0516 e. The molecule has 12 heavy (non-hydrogen) atoms. The van der Waals surface area contributed by atoms with Gasteiger partial charge in [-0.2, -0.15) is 0 Å². The number of rotatable bonds is 6. The largest absolute Gasteiger partial charge is 0.384 e. The van der Waals surface area contributed by atoms with Crippen LogP contribution < -0.4 is 5.32 Å². The van der Waals surface area contributed by atoms with E-state index in [0.717, 1.165) is 19.4 Å². The second kappa shape index (κ2) is 8.34. The summed E-state index contributed by atoms with van der Waals surface area (Å²) >= 11 is 0. The summed E-state index contributed by atoms with van der Waals surface area (Å²) in [5, 5.41) is 3.21. The molecule has 0 saturated carbocycles. The van der Waals surface area contributed by atoms with Crippen molar-refractivity contribution in [3.05, 3.63) is 24.0 Å². The third kappa shape index (κ3) is 5.98. The van der Waals surface area contributed by atoms with Crippen LogP contribution in [0.5, 0.6) is 0 Å². The van der Waals surface area contributed by atoms with Gasteiger partial charge < -0.3 is 10.1 Å². The first-order valence-electron chi connectivity index (χ1n) is 4.40. The molecule has 0 unspecified atom stereocenters. The Bertz CT molecular complexity index is 150. The van der Waals surface area contributed by atoms with Crippen LogP contribution in [0.2, 0.25) is 0 Å². The molecule has 0 aromatic heterocycles. The van der Waals surface area contributed by atoms with Crippen molar-refractivity contribution in [2.75, 3.05) is 13.7 Å². The van der Waals surface area contributed by atoms with Crippen LogP contribution in [0.1, 0.15) is 26.7 Å². The van der Waals surface area contributed by atoms with Crippen molar-refractivity contribution in [1.29, 1.82) is 0 Å². The highest BCUT2D eigenvalue weighted by Crippen LogP contribution is 1.98. The molecular formula is C10H19NO. The van der Waals surface area contributed by atoms with E-state index >= 15 is 0 Å². The van der Waals surface area contributed by atoms with Crippen LogP contribution in [0.25, 0.3) is 0 Å². The van der Waals surface area contributed by atoms with E-state index in [-0.39, 0.29) is 0 Å². The zero-order valence-electron chi connectivity index (χ0n) is 8.26. The molecule has 0 saturated heterocycles. The van der Waals surface area contributed by atoms with E-state index in [1.807, 2.05) is 19.2 Å². The molecule has 0 aliphatic heterocycles. The van der Waals surface area contributed by atoms with Gasteiger partial charge in [-0.05, 0) is 19.5 Å². The maximum Gasteiger partial charge on any atom is 0.0516 e. The topological polar surface area (TPSA) is 21.3 Å². The molecule has 0 rings (SSSR count). The molecule has 0 amide bonds. The van der Waals surface area contributed by atoms with Crippen molar-refractivity contribution in [3.63, 3.8) is 0 Å². The highest BCUT2D eigenvalue weighted by Gasteiger charge is 1.91.